The van der Waals surface area contributed by atoms with Crippen molar-refractivity contribution in [1.29, 1.82) is 0 Å². The summed E-state index contributed by atoms with van der Waals surface area (Å²) in [5, 5.41) is 12.4. The molecule has 0 unspecified atom stereocenters. The molecule has 1 aromatic carbocycles. The van der Waals surface area contributed by atoms with Gasteiger partial charge in [0.05, 0.1) is 11.1 Å². The van der Waals surface area contributed by atoms with Crippen molar-refractivity contribution in [3.63, 3.8) is 0 Å². The van der Waals surface area contributed by atoms with E-state index in [0.29, 0.717) is 26.1 Å². The molecule has 1 heterocycles. The Kier molecular flexibility index (Phi) is 4.27. The minimum Gasteiger partial charge on any atom is -0.507 e. The van der Waals surface area contributed by atoms with Crippen LogP contribution >= 0.6 is 11.6 Å². The Morgan fingerprint density at radius 1 is 1.47 bits per heavy atom. The van der Waals surface area contributed by atoms with Crippen molar-refractivity contribution in [3.8, 4) is 5.75 Å². The van der Waals surface area contributed by atoms with Gasteiger partial charge in [0.1, 0.15) is 11.6 Å². The highest BCUT2D eigenvalue weighted by Gasteiger charge is 2.34. The van der Waals surface area contributed by atoms with Crippen LogP contribution in [0.1, 0.15) is 23.2 Å². The quantitative estimate of drug-likeness (QED) is 0.837. The SMILES string of the molecule is O=C(NC1(CCl)CCOCC1)c1ccc(F)cc1O. The minimum atomic E-state index is -0.591. The van der Waals surface area contributed by atoms with Gasteiger partial charge < -0.3 is 15.2 Å². The molecule has 1 amide bonds. The summed E-state index contributed by atoms with van der Waals surface area (Å²) >= 11 is 5.94. The number of phenolic OH excluding ortho intramolecular Hbond substituents is 1. The molecule has 1 fully saturated rings. The highest BCUT2D eigenvalue weighted by atomic mass is 35.5. The average molecular weight is 288 g/mol. The van der Waals surface area contributed by atoms with Gasteiger partial charge in [0.25, 0.3) is 5.91 Å². The predicted molar refractivity (Wildman–Crippen MR) is 69.0 cm³/mol. The second-order valence-electron chi connectivity index (χ2n) is 4.64. The lowest BCUT2D eigenvalue weighted by molar-refractivity contribution is 0.0433. The molecular weight excluding hydrogens is 273 g/mol. The zero-order valence-electron chi connectivity index (χ0n) is 10.3. The number of carbonyl (C=O) groups excluding carboxylic acids is 1. The number of hydrogen-bond donors (Lipinski definition) is 2. The van der Waals surface area contributed by atoms with Crippen LogP contribution < -0.4 is 5.32 Å². The van der Waals surface area contributed by atoms with Gasteiger partial charge in [0.15, 0.2) is 0 Å². The molecule has 1 aliphatic heterocycles. The summed E-state index contributed by atoms with van der Waals surface area (Å²) in [6, 6.07) is 3.29. The Morgan fingerprint density at radius 3 is 2.74 bits per heavy atom. The molecule has 4 nitrogen and oxygen atoms in total. The lowest BCUT2D eigenvalue weighted by Gasteiger charge is -2.36. The number of ether oxygens (including phenoxy) is 1. The number of alkyl halides is 1. The molecule has 0 saturated carbocycles. The fourth-order valence-electron chi connectivity index (χ4n) is 2.06. The van der Waals surface area contributed by atoms with Crippen LogP contribution in [0.5, 0.6) is 5.75 Å². The molecule has 2 rings (SSSR count). The summed E-state index contributed by atoms with van der Waals surface area (Å²) in [5.41, 5.74) is -0.491. The van der Waals surface area contributed by atoms with Crippen LogP contribution in [0, 0.1) is 5.82 Å². The van der Waals surface area contributed by atoms with Crippen molar-refractivity contribution in [3.05, 3.63) is 29.6 Å². The summed E-state index contributed by atoms with van der Waals surface area (Å²) < 4.78 is 18.1. The van der Waals surface area contributed by atoms with Crippen molar-refractivity contribution < 1.29 is 19.0 Å². The van der Waals surface area contributed by atoms with Crippen LogP contribution in [-0.2, 0) is 4.74 Å². The number of benzene rings is 1. The van der Waals surface area contributed by atoms with E-state index in [1.54, 1.807) is 0 Å². The van der Waals surface area contributed by atoms with E-state index in [0.717, 1.165) is 12.1 Å². The number of halogens is 2. The molecule has 0 aliphatic carbocycles. The maximum Gasteiger partial charge on any atom is 0.255 e. The van der Waals surface area contributed by atoms with Crippen LogP contribution in [-0.4, -0.2) is 35.6 Å². The first-order valence-electron chi connectivity index (χ1n) is 6.01. The number of rotatable bonds is 3. The van der Waals surface area contributed by atoms with E-state index < -0.39 is 17.3 Å². The lowest BCUT2D eigenvalue weighted by atomic mass is 9.91. The molecule has 0 bridgehead atoms. The average Bonchev–Trinajstić information content (AvgIpc) is 2.39. The number of amides is 1. The highest BCUT2D eigenvalue weighted by Crippen LogP contribution is 2.24. The van der Waals surface area contributed by atoms with Crippen molar-refractivity contribution in [2.75, 3.05) is 19.1 Å². The summed E-state index contributed by atoms with van der Waals surface area (Å²) in [7, 11) is 0. The van der Waals surface area contributed by atoms with Crippen LogP contribution in [0.3, 0.4) is 0 Å². The fraction of sp³-hybridized carbons (Fsp3) is 0.462. The number of carbonyl (C=O) groups is 1. The third-order valence-electron chi connectivity index (χ3n) is 3.29. The molecule has 1 aliphatic rings. The smallest absolute Gasteiger partial charge is 0.255 e. The van der Waals surface area contributed by atoms with E-state index in [-0.39, 0.29) is 17.2 Å². The van der Waals surface area contributed by atoms with Gasteiger partial charge in [0.2, 0.25) is 0 Å². The van der Waals surface area contributed by atoms with Crippen LogP contribution in [0.4, 0.5) is 4.39 Å². The van der Waals surface area contributed by atoms with Crippen LogP contribution in [0.2, 0.25) is 0 Å². The topological polar surface area (TPSA) is 58.6 Å². The fourth-order valence-corrected chi connectivity index (χ4v) is 2.39. The van der Waals surface area contributed by atoms with Gasteiger partial charge in [-0.3, -0.25) is 4.79 Å². The second kappa shape index (κ2) is 5.75. The zero-order valence-corrected chi connectivity index (χ0v) is 11.0. The Hall–Kier alpha value is -1.33. The third-order valence-corrected chi connectivity index (χ3v) is 3.80. The Balaban J connectivity index is 2.15. The predicted octanol–water partition coefficient (Wildman–Crippen LogP) is 2.05. The first kappa shape index (κ1) is 14.1. The second-order valence-corrected chi connectivity index (χ2v) is 4.91. The van der Waals surface area contributed by atoms with Gasteiger partial charge in [-0.15, -0.1) is 11.6 Å². The van der Waals surface area contributed by atoms with Crippen molar-refractivity contribution in [2.45, 2.75) is 18.4 Å². The number of phenols is 1. The summed E-state index contributed by atoms with van der Waals surface area (Å²) in [4.78, 5) is 12.1. The van der Waals surface area contributed by atoms with E-state index in [9.17, 15) is 14.3 Å². The van der Waals surface area contributed by atoms with Crippen LogP contribution in [0.15, 0.2) is 18.2 Å². The van der Waals surface area contributed by atoms with E-state index in [2.05, 4.69) is 5.32 Å². The molecule has 2 N–H and O–H groups in total. The number of aromatic hydroxyl groups is 1. The monoisotopic (exact) mass is 287 g/mol. The summed E-state index contributed by atoms with van der Waals surface area (Å²) in [6.07, 6.45) is 1.23. The standard InChI is InChI=1S/C13H15ClFNO3/c14-8-13(3-5-19-6-4-13)16-12(18)10-2-1-9(15)7-11(10)17/h1-2,7,17H,3-6,8H2,(H,16,18). The first-order valence-corrected chi connectivity index (χ1v) is 6.54. The number of nitrogens with one attached hydrogen (secondary N) is 1. The van der Waals surface area contributed by atoms with Gasteiger partial charge in [-0.05, 0) is 25.0 Å². The molecule has 0 radical (unpaired) electrons. The van der Waals surface area contributed by atoms with Gasteiger partial charge in [-0.25, -0.2) is 4.39 Å². The van der Waals surface area contributed by atoms with Gasteiger partial charge in [0, 0.05) is 25.2 Å². The summed E-state index contributed by atoms with van der Waals surface area (Å²) in [5.74, 6) is -1.16. The molecule has 19 heavy (non-hydrogen) atoms. The van der Waals surface area contributed by atoms with E-state index >= 15 is 0 Å². The molecule has 0 aromatic heterocycles. The normalized spacial score (nSPS) is 18.0. The zero-order chi connectivity index (χ0) is 13.9. The molecule has 1 aromatic rings. The van der Waals surface area contributed by atoms with Crippen molar-refractivity contribution in [1.82, 2.24) is 5.32 Å². The van der Waals surface area contributed by atoms with E-state index in [1.165, 1.54) is 6.07 Å². The van der Waals surface area contributed by atoms with Gasteiger partial charge in [-0.1, -0.05) is 0 Å². The Bertz CT molecular complexity index is 475. The Labute approximate surface area is 115 Å². The largest absolute Gasteiger partial charge is 0.507 e. The first-order chi connectivity index (χ1) is 9.06. The molecule has 0 atom stereocenters. The lowest BCUT2D eigenvalue weighted by Crippen LogP contribution is -2.53. The molecule has 104 valence electrons. The molecular formula is C13H15ClFNO3. The van der Waals surface area contributed by atoms with E-state index in [4.69, 9.17) is 16.3 Å². The minimum absolute atomic E-state index is 0.0392. The Morgan fingerprint density at radius 2 is 2.16 bits per heavy atom. The molecule has 6 heteroatoms. The van der Waals surface area contributed by atoms with Crippen molar-refractivity contribution in [2.24, 2.45) is 0 Å². The maximum absolute atomic E-state index is 12.9. The van der Waals surface area contributed by atoms with Crippen LogP contribution in [0.25, 0.3) is 0 Å². The molecule has 1 saturated heterocycles. The summed E-state index contributed by atoms with van der Waals surface area (Å²) in [6.45, 7) is 1.06. The van der Waals surface area contributed by atoms with Gasteiger partial charge >= 0.3 is 0 Å². The van der Waals surface area contributed by atoms with Crippen molar-refractivity contribution >= 4 is 17.5 Å². The maximum atomic E-state index is 12.9. The molecule has 0 spiro atoms. The number of hydrogen-bond acceptors (Lipinski definition) is 3. The van der Waals surface area contributed by atoms with Gasteiger partial charge in [-0.2, -0.15) is 0 Å². The highest BCUT2D eigenvalue weighted by molar-refractivity contribution is 6.19. The third kappa shape index (κ3) is 3.16. The van der Waals surface area contributed by atoms with E-state index in [1.807, 2.05) is 0 Å².